The van der Waals surface area contributed by atoms with Gasteiger partial charge in [-0.1, -0.05) is 26.0 Å². The van der Waals surface area contributed by atoms with Crippen molar-refractivity contribution in [1.82, 2.24) is 10.3 Å². The first-order valence-corrected chi connectivity index (χ1v) is 7.12. The number of anilines is 2. The summed E-state index contributed by atoms with van der Waals surface area (Å²) < 4.78 is 0. The lowest BCUT2D eigenvalue weighted by Gasteiger charge is -2.09. The van der Waals surface area contributed by atoms with E-state index in [-0.39, 0.29) is 5.91 Å². The Kier molecular flexibility index (Phi) is 4.93. The highest BCUT2D eigenvalue weighted by molar-refractivity contribution is 5.92. The topological polar surface area (TPSA) is 54.0 Å². The Morgan fingerprint density at radius 2 is 2.00 bits per heavy atom. The summed E-state index contributed by atoms with van der Waals surface area (Å²) >= 11 is 0. The van der Waals surface area contributed by atoms with Crippen LogP contribution in [0.2, 0.25) is 0 Å². The zero-order chi connectivity index (χ0) is 15.2. The molecule has 2 rings (SSSR count). The number of aromatic nitrogens is 1. The van der Waals surface area contributed by atoms with Gasteiger partial charge in [0.25, 0.3) is 5.91 Å². The lowest BCUT2D eigenvalue weighted by atomic mass is 10.2. The SMILES string of the molecule is Cc1cccc(Nc2ccc(C(=O)NCC(C)C)nc2)c1. The highest BCUT2D eigenvalue weighted by Crippen LogP contribution is 2.16. The van der Waals surface area contributed by atoms with Gasteiger partial charge in [-0.15, -0.1) is 0 Å². The van der Waals surface area contributed by atoms with E-state index in [0.717, 1.165) is 11.4 Å². The molecule has 110 valence electrons. The first kappa shape index (κ1) is 15.0. The summed E-state index contributed by atoms with van der Waals surface area (Å²) in [5, 5.41) is 6.12. The van der Waals surface area contributed by atoms with E-state index in [0.29, 0.717) is 18.2 Å². The van der Waals surface area contributed by atoms with Crippen molar-refractivity contribution in [3.63, 3.8) is 0 Å². The van der Waals surface area contributed by atoms with Gasteiger partial charge < -0.3 is 10.6 Å². The number of nitrogens with zero attached hydrogens (tertiary/aromatic N) is 1. The van der Waals surface area contributed by atoms with Gasteiger partial charge >= 0.3 is 0 Å². The number of hydrogen-bond acceptors (Lipinski definition) is 3. The van der Waals surface area contributed by atoms with Crippen molar-refractivity contribution in [2.45, 2.75) is 20.8 Å². The largest absolute Gasteiger partial charge is 0.354 e. The molecule has 0 aliphatic heterocycles. The summed E-state index contributed by atoms with van der Waals surface area (Å²) in [5.74, 6) is 0.294. The molecule has 0 fully saturated rings. The summed E-state index contributed by atoms with van der Waals surface area (Å²) in [7, 11) is 0. The van der Waals surface area contributed by atoms with Gasteiger partial charge in [-0.2, -0.15) is 0 Å². The average Bonchev–Trinajstić information content (AvgIpc) is 2.45. The molecule has 0 aliphatic rings. The summed E-state index contributed by atoms with van der Waals surface area (Å²) in [6.07, 6.45) is 1.67. The van der Waals surface area contributed by atoms with Gasteiger partial charge in [0.1, 0.15) is 5.69 Å². The molecule has 21 heavy (non-hydrogen) atoms. The number of aryl methyl sites for hydroxylation is 1. The van der Waals surface area contributed by atoms with Gasteiger partial charge in [0.2, 0.25) is 0 Å². The third kappa shape index (κ3) is 4.60. The van der Waals surface area contributed by atoms with Gasteiger partial charge in [-0.25, -0.2) is 4.98 Å². The van der Waals surface area contributed by atoms with Crippen LogP contribution in [0.5, 0.6) is 0 Å². The number of carbonyl (C=O) groups is 1. The molecule has 1 aromatic carbocycles. The van der Waals surface area contributed by atoms with E-state index >= 15 is 0 Å². The molecular weight excluding hydrogens is 262 g/mol. The Balaban J connectivity index is 2.00. The van der Waals surface area contributed by atoms with Crippen molar-refractivity contribution in [3.8, 4) is 0 Å². The maximum absolute atomic E-state index is 11.9. The Morgan fingerprint density at radius 3 is 2.62 bits per heavy atom. The molecule has 0 saturated heterocycles. The minimum atomic E-state index is -0.134. The fourth-order valence-electron chi connectivity index (χ4n) is 1.88. The van der Waals surface area contributed by atoms with Gasteiger partial charge in [0.15, 0.2) is 0 Å². The monoisotopic (exact) mass is 283 g/mol. The highest BCUT2D eigenvalue weighted by Gasteiger charge is 2.07. The van der Waals surface area contributed by atoms with Crippen molar-refractivity contribution in [2.24, 2.45) is 5.92 Å². The van der Waals surface area contributed by atoms with E-state index in [1.54, 1.807) is 12.3 Å². The Morgan fingerprint density at radius 1 is 1.19 bits per heavy atom. The van der Waals surface area contributed by atoms with Crippen LogP contribution in [0.4, 0.5) is 11.4 Å². The fraction of sp³-hybridized carbons (Fsp3) is 0.294. The Labute approximate surface area is 125 Å². The van der Waals surface area contributed by atoms with E-state index in [2.05, 4.69) is 35.5 Å². The minimum absolute atomic E-state index is 0.134. The second kappa shape index (κ2) is 6.88. The summed E-state index contributed by atoms with van der Waals surface area (Å²) in [6.45, 7) is 6.82. The molecule has 4 heteroatoms. The third-order valence-electron chi connectivity index (χ3n) is 2.97. The van der Waals surface area contributed by atoms with Crippen LogP contribution in [0.25, 0.3) is 0 Å². The molecule has 1 amide bonds. The van der Waals surface area contributed by atoms with E-state index in [1.807, 2.05) is 31.2 Å². The molecule has 0 spiro atoms. The molecule has 2 N–H and O–H groups in total. The van der Waals surface area contributed by atoms with Gasteiger partial charge in [-0.05, 0) is 42.7 Å². The van der Waals surface area contributed by atoms with E-state index in [9.17, 15) is 4.79 Å². The Bertz CT molecular complexity index is 606. The standard InChI is InChI=1S/C17H21N3O/c1-12(2)10-19-17(21)16-8-7-15(11-18-16)20-14-6-4-5-13(3)9-14/h4-9,11-12,20H,10H2,1-3H3,(H,19,21). The quantitative estimate of drug-likeness (QED) is 0.882. The molecule has 0 radical (unpaired) electrons. The van der Waals surface area contributed by atoms with Crippen LogP contribution < -0.4 is 10.6 Å². The molecule has 0 aliphatic carbocycles. The van der Waals surface area contributed by atoms with Crippen LogP contribution in [0.1, 0.15) is 29.9 Å². The van der Waals surface area contributed by atoms with Gasteiger partial charge in [0.05, 0.1) is 11.9 Å². The fourth-order valence-corrected chi connectivity index (χ4v) is 1.88. The average molecular weight is 283 g/mol. The molecule has 0 atom stereocenters. The molecular formula is C17H21N3O. The lowest BCUT2D eigenvalue weighted by molar-refractivity contribution is 0.0944. The van der Waals surface area contributed by atoms with Crippen LogP contribution in [-0.4, -0.2) is 17.4 Å². The van der Waals surface area contributed by atoms with E-state index < -0.39 is 0 Å². The van der Waals surface area contributed by atoms with Crippen molar-refractivity contribution in [3.05, 3.63) is 53.9 Å². The Hall–Kier alpha value is -2.36. The first-order chi connectivity index (χ1) is 10.0. The second-order valence-corrected chi connectivity index (χ2v) is 5.53. The molecule has 1 aromatic heterocycles. The van der Waals surface area contributed by atoms with Crippen molar-refractivity contribution < 1.29 is 4.79 Å². The number of nitrogens with one attached hydrogen (secondary N) is 2. The number of rotatable bonds is 5. The van der Waals surface area contributed by atoms with Crippen molar-refractivity contribution in [2.75, 3.05) is 11.9 Å². The van der Waals surface area contributed by atoms with E-state index in [4.69, 9.17) is 0 Å². The normalized spacial score (nSPS) is 10.5. The number of benzene rings is 1. The third-order valence-corrected chi connectivity index (χ3v) is 2.97. The zero-order valence-electron chi connectivity index (χ0n) is 12.7. The number of hydrogen-bond donors (Lipinski definition) is 2. The van der Waals surface area contributed by atoms with Crippen molar-refractivity contribution >= 4 is 17.3 Å². The van der Waals surface area contributed by atoms with Crippen molar-refractivity contribution in [1.29, 1.82) is 0 Å². The van der Waals surface area contributed by atoms with Crippen LogP contribution in [0.3, 0.4) is 0 Å². The lowest BCUT2D eigenvalue weighted by Crippen LogP contribution is -2.27. The smallest absolute Gasteiger partial charge is 0.269 e. The van der Waals surface area contributed by atoms with Crippen LogP contribution >= 0.6 is 0 Å². The molecule has 0 unspecified atom stereocenters. The van der Waals surface area contributed by atoms with Gasteiger partial charge in [0, 0.05) is 12.2 Å². The molecule has 2 aromatic rings. The first-order valence-electron chi connectivity index (χ1n) is 7.12. The van der Waals surface area contributed by atoms with Gasteiger partial charge in [-0.3, -0.25) is 4.79 Å². The molecule has 0 saturated carbocycles. The predicted molar refractivity (Wildman–Crippen MR) is 85.9 cm³/mol. The number of amides is 1. The molecule has 0 bridgehead atoms. The minimum Gasteiger partial charge on any atom is -0.354 e. The summed E-state index contributed by atoms with van der Waals surface area (Å²) in [5.41, 5.74) is 3.50. The predicted octanol–water partition coefficient (Wildman–Crippen LogP) is 3.52. The highest BCUT2D eigenvalue weighted by atomic mass is 16.1. The van der Waals surface area contributed by atoms with Crippen LogP contribution in [-0.2, 0) is 0 Å². The van der Waals surface area contributed by atoms with E-state index in [1.165, 1.54) is 5.56 Å². The summed E-state index contributed by atoms with van der Waals surface area (Å²) in [4.78, 5) is 16.1. The second-order valence-electron chi connectivity index (χ2n) is 5.53. The van der Waals surface area contributed by atoms with Crippen LogP contribution in [0, 0.1) is 12.8 Å². The summed E-state index contributed by atoms with van der Waals surface area (Å²) in [6, 6.07) is 11.7. The maximum Gasteiger partial charge on any atom is 0.269 e. The molecule has 1 heterocycles. The maximum atomic E-state index is 11.9. The zero-order valence-corrected chi connectivity index (χ0v) is 12.7. The molecule has 4 nitrogen and oxygen atoms in total. The van der Waals surface area contributed by atoms with Crippen LogP contribution in [0.15, 0.2) is 42.6 Å². The number of carbonyl (C=O) groups excluding carboxylic acids is 1. The number of pyridine rings is 1.